The highest BCUT2D eigenvalue weighted by Crippen LogP contribution is 2.50. The van der Waals surface area contributed by atoms with Gasteiger partial charge >= 0.3 is 0 Å². The predicted octanol–water partition coefficient (Wildman–Crippen LogP) is 24.6. The number of hydrogen-bond acceptors (Lipinski definition) is 2. The van der Waals surface area contributed by atoms with Crippen molar-refractivity contribution in [2.24, 2.45) is 0 Å². The molecule has 18 rings (SSSR count). The van der Waals surface area contributed by atoms with E-state index in [1.807, 2.05) is 0 Å². The Bertz CT molecular complexity index is 5780. The summed E-state index contributed by atoms with van der Waals surface area (Å²) in [6, 6.07) is 115. The summed E-state index contributed by atoms with van der Waals surface area (Å²) in [5.74, 6) is 0. The molecular formula is C86H52O2. The Morgan fingerprint density at radius 1 is 0.159 bits per heavy atom. The van der Waals surface area contributed by atoms with Gasteiger partial charge in [0.1, 0.15) is 22.3 Å². The number of rotatable bonds is 8. The summed E-state index contributed by atoms with van der Waals surface area (Å²) in [4.78, 5) is 0. The SMILES string of the molecule is c1ccc(-c2ccc3oc4ccc(-c5c6ccccc6c(-c6ccccc6)c6ccc(-c7ccc8cc(-c9ccc%10c(c9)oc9cccc(-c%11c%12ccccc%12c(-c%12ccccc%12)c%12ccccc%11%12)c9%10)ccc8c7)cc56)cc4c3c2-c2ccccc2)cc1. The fraction of sp³-hybridized carbons (Fsp3) is 0. The van der Waals surface area contributed by atoms with E-state index >= 15 is 0 Å². The molecular weight excluding hydrogens is 1060 g/mol. The maximum atomic E-state index is 6.84. The molecule has 2 aromatic heterocycles. The molecule has 2 heterocycles. The van der Waals surface area contributed by atoms with Gasteiger partial charge in [0.25, 0.3) is 0 Å². The minimum Gasteiger partial charge on any atom is -0.456 e. The van der Waals surface area contributed by atoms with Crippen LogP contribution in [0.5, 0.6) is 0 Å². The summed E-state index contributed by atoms with van der Waals surface area (Å²) in [5, 5.41) is 16.5. The summed E-state index contributed by atoms with van der Waals surface area (Å²) >= 11 is 0. The monoisotopic (exact) mass is 1120 g/mol. The highest BCUT2D eigenvalue weighted by molar-refractivity contribution is 6.27. The zero-order chi connectivity index (χ0) is 57.8. The Morgan fingerprint density at radius 3 is 1.12 bits per heavy atom. The molecule has 0 amide bonds. The van der Waals surface area contributed by atoms with Gasteiger partial charge in [-0.05, 0) is 192 Å². The normalized spacial score (nSPS) is 11.9. The van der Waals surface area contributed by atoms with Gasteiger partial charge in [-0.2, -0.15) is 0 Å². The van der Waals surface area contributed by atoms with Crippen LogP contribution in [0.2, 0.25) is 0 Å². The third-order valence-electron chi connectivity index (χ3n) is 18.4. The topological polar surface area (TPSA) is 26.3 Å². The van der Waals surface area contributed by atoms with Crippen molar-refractivity contribution in [2.45, 2.75) is 0 Å². The van der Waals surface area contributed by atoms with Gasteiger partial charge in [-0.3, -0.25) is 0 Å². The molecule has 0 spiro atoms. The number of benzene rings is 16. The van der Waals surface area contributed by atoms with Gasteiger partial charge in [-0.1, -0.05) is 261 Å². The van der Waals surface area contributed by atoms with Crippen LogP contribution in [0.15, 0.2) is 324 Å². The molecule has 0 bridgehead atoms. The first-order valence-corrected chi connectivity index (χ1v) is 30.3. The highest BCUT2D eigenvalue weighted by atomic mass is 16.3. The van der Waals surface area contributed by atoms with Crippen LogP contribution >= 0.6 is 0 Å². The molecule has 0 saturated heterocycles. The van der Waals surface area contributed by atoms with Crippen LogP contribution in [0.1, 0.15) is 0 Å². The van der Waals surface area contributed by atoms with Crippen LogP contribution in [-0.2, 0) is 0 Å². The van der Waals surface area contributed by atoms with E-state index in [0.717, 1.165) is 77.3 Å². The van der Waals surface area contributed by atoms with Crippen LogP contribution in [0.3, 0.4) is 0 Å². The van der Waals surface area contributed by atoms with E-state index in [-0.39, 0.29) is 0 Å². The smallest absolute Gasteiger partial charge is 0.136 e. The van der Waals surface area contributed by atoms with Gasteiger partial charge in [0.15, 0.2) is 0 Å². The standard InChI is InChI=1S/C86H52O2/c1-5-20-53(21-6-1)64-45-47-78-86(83(64)56-26-11-4-12-27-56)75-51-63(42-46-76(75)87-78)82-66-29-14-13-28-65(66)81(55-24-9-3-10-25-55)71-43-40-61(50-74(71)82)59-38-36-58-49-60(39-37-57(58)48-59)62-41-44-72-79(52-62)88-77-35-19-34-73(85(72)77)84-69-32-17-15-30-67(69)80(54-22-7-2-8-23-54)68-31-16-18-33-70(68)84/h1-52H. The van der Waals surface area contributed by atoms with Gasteiger partial charge in [-0.25, -0.2) is 0 Å². The third kappa shape index (κ3) is 7.89. The second kappa shape index (κ2) is 20.0. The molecule has 88 heavy (non-hydrogen) atoms. The lowest BCUT2D eigenvalue weighted by Gasteiger charge is -2.19. The van der Waals surface area contributed by atoms with Crippen molar-refractivity contribution in [1.29, 1.82) is 0 Å². The minimum atomic E-state index is 0.865. The molecule has 0 fully saturated rings. The first kappa shape index (κ1) is 49.8. The maximum Gasteiger partial charge on any atom is 0.136 e. The summed E-state index contributed by atoms with van der Waals surface area (Å²) in [5.41, 5.74) is 22.4. The van der Waals surface area contributed by atoms with E-state index in [0.29, 0.717) is 0 Å². The Balaban J connectivity index is 0.758. The van der Waals surface area contributed by atoms with Crippen molar-refractivity contribution < 1.29 is 8.83 Å². The molecule has 2 heteroatoms. The Hall–Kier alpha value is -11.6. The molecule has 0 aliphatic heterocycles. The second-order valence-corrected chi connectivity index (χ2v) is 23.3. The molecule has 0 saturated carbocycles. The molecule has 0 radical (unpaired) electrons. The van der Waals surface area contributed by atoms with Gasteiger partial charge < -0.3 is 8.83 Å². The average Bonchev–Trinajstić information content (AvgIpc) is 1.75. The first-order chi connectivity index (χ1) is 43.6. The molecule has 0 unspecified atom stereocenters. The van der Waals surface area contributed by atoms with Crippen LogP contribution in [0.25, 0.3) is 187 Å². The Labute approximate surface area is 508 Å². The van der Waals surface area contributed by atoms with Crippen molar-refractivity contribution >= 4 is 97.7 Å². The fourth-order valence-electron chi connectivity index (χ4n) is 14.5. The molecule has 0 atom stereocenters. The molecule has 408 valence electrons. The fourth-order valence-corrected chi connectivity index (χ4v) is 14.5. The van der Waals surface area contributed by atoms with E-state index < -0.39 is 0 Å². The first-order valence-electron chi connectivity index (χ1n) is 30.3. The van der Waals surface area contributed by atoms with E-state index in [1.54, 1.807) is 0 Å². The van der Waals surface area contributed by atoms with Crippen LogP contribution in [-0.4, -0.2) is 0 Å². The molecule has 0 aliphatic carbocycles. The van der Waals surface area contributed by atoms with E-state index in [9.17, 15) is 0 Å². The molecule has 0 aliphatic rings. The molecule has 18 aromatic rings. The molecule has 16 aromatic carbocycles. The van der Waals surface area contributed by atoms with Gasteiger partial charge in [-0.15, -0.1) is 0 Å². The van der Waals surface area contributed by atoms with Crippen molar-refractivity contribution in [1.82, 2.24) is 0 Å². The van der Waals surface area contributed by atoms with Crippen molar-refractivity contribution in [3.05, 3.63) is 315 Å². The third-order valence-corrected chi connectivity index (χ3v) is 18.4. The Kier molecular flexibility index (Phi) is 11.3. The molecule has 0 N–H and O–H groups in total. The average molecular weight is 1120 g/mol. The zero-order valence-electron chi connectivity index (χ0n) is 47.8. The highest BCUT2D eigenvalue weighted by Gasteiger charge is 2.24. The maximum absolute atomic E-state index is 6.84. The van der Waals surface area contributed by atoms with Gasteiger partial charge in [0.05, 0.1) is 0 Å². The minimum absolute atomic E-state index is 0.865. The predicted molar refractivity (Wildman–Crippen MR) is 372 cm³/mol. The summed E-state index contributed by atoms with van der Waals surface area (Å²) < 4.78 is 13.6. The van der Waals surface area contributed by atoms with Crippen LogP contribution in [0, 0.1) is 0 Å². The lowest BCUT2D eigenvalue weighted by molar-refractivity contribution is 0.668. The summed E-state index contributed by atoms with van der Waals surface area (Å²) in [7, 11) is 0. The van der Waals surface area contributed by atoms with E-state index in [2.05, 4.69) is 315 Å². The van der Waals surface area contributed by atoms with Gasteiger partial charge in [0.2, 0.25) is 0 Å². The molecule has 2 nitrogen and oxygen atoms in total. The lowest BCUT2D eigenvalue weighted by atomic mass is 9.84. The quantitative estimate of drug-likeness (QED) is 0.142. The van der Waals surface area contributed by atoms with Crippen molar-refractivity contribution in [3.8, 4) is 89.0 Å². The number of furan rings is 2. The lowest BCUT2D eigenvalue weighted by Crippen LogP contribution is -1.92. The Morgan fingerprint density at radius 2 is 0.557 bits per heavy atom. The zero-order valence-corrected chi connectivity index (χ0v) is 47.8. The van der Waals surface area contributed by atoms with Gasteiger partial charge in [0, 0.05) is 27.1 Å². The van der Waals surface area contributed by atoms with E-state index in [4.69, 9.17) is 8.83 Å². The second-order valence-electron chi connectivity index (χ2n) is 23.3. The van der Waals surface area contributed by atoms with Crippen molar-refractivity contribution in [3.63, 3.8) is 0 Å². The largest absolute Gasteiger partial charge is 0.456 e. The van der Waals surface area contributed by atoms with Crippen LogP contribution in [0.4, 0.5) is 0 Å². The number of fused-ring (bicyclic) bond motifs is 11. The van der Waals surface area contributed by atoms with E-state index in [1.165, 1.54) is 109 Å². The van der Waals surface area contributed by atoms with Crippen LogP contribution < -0.4 is 0 Å². The summed E-state index contributed by atoms with van der Waals surface area (Å²) in [6.45, 7) is 0. The summed E-state index contributed by atoms with van der Waals surface area (Å²) in [6.07, 6.45) is 0. The number of hydrogen-bond donors (Lipinski definition) is 0. The van der Waals surface area contributed by atoms with Crippen molar-refractivity contribution in [2.75, 3.05) is 0 Å².